The minimum Gasteiger partial charge on any atom is -0.338 e. The summed E-state index contributed by atoms with van der Waals surface area (Å²) in [7, 11) is 0. The van der Waals surface area contributed by atoms with Gasteiger partial charge in [0, 0.05) is 24.5 Å². The van der Waals surface area contributed by atoms with Gasteiger partial charge in [0.25, 0.3) is 0 Å². The molecule has 0 spiro atoms. The maximum absolute atomic E-state index is 13.4. The molecule has 1 atom stereocenters. The van der Waals surface area contributed by atoms with Gasteiger partial charge < -0.3 is 10.2 Å². The zero-order valence-corrected chi connectivity index (χ0v) is 14.3. The first-order valence-corrected chi connectivity index (χ1v) is 9.11. The summed E-state index contributed by atoms with van der Waals surface area (Å²) in [5.74, 6) is 1.09. The smallest absolute Gasteiger partial charge is 0.229 e. The number of hydrogen-bond acceptors (Lipinski definition) is 2. The van der Waals surface area contributed by atoms with Crippen molar-refractivity contribution in [1.29, 1.82) is 0 Å². The zero-order valence-electron chi connectivity index (χ0n) is 14.3. The third-order valence-corrected chi connectivity index (χ3v) is 5.25. The first-order chi connectivity index (χ1) is 10.1. The molecule has 1 heterocycles. The largest absolute Gasteiger partial charge is 0.338 e. The second-order valence-electron chi connectivity index (χ2n) is 7.58. The second kappa shape index (κ2) is 7.62. The minimum atomic E-state index is -0.0409. The van der Waals surface area contributed by atoms with Crippen molar-refractivity contribution in [1.82, 2.24) is 10.2 Å². The first kappa shape index (κ1) is 16.8. The van der Waals surface area contributed by atoms with E-state index >= 15 is 0 Å². The number of carbonyl (C=O) groups excluding carboxylic acids is 1. The molecule has 2 fully saturated rings. The van der Waals surface area contributed by atoms with Crippen LogP contribution in [0, 0.1) is 11.3 Å². The summed E-state index contributed by atoms with van der Waals surface area (Å²) < 4.78 is 0. The molecule has 0 radical (unpaired) electrons. The Morgan fingerprint density at radius 3 is 2.52 bits per heavy atom. The summed E-state index contributed by atoms with van der Waals surface area (Å²) in [6.45, 7) is 9.76. The SMILES string of the molecule is CCCN(C(=O)C1(CC(C)C)CCCC1)C1CCCNC1. The van der Waals surface area contributed by atoms with Crippen LogP contribution in [0.5, 0.6) is 0 Å². The van der Waals surface area contributed by atoms with Gasteiger partial charge in [0.05, 0.1) is 0 Å². The fraction of sp³-hybridized carbons (Fsp3) is 0.944. The number of nitrogens with one attached hydrogen (secondary N) is 1. The molecule has 2 rings (SSSR count). The molecule has 1 unspecified atom stereocenters. The highest BCUT2D eigenvalue weighted by molar-refractivity contribution is 5.83. The predicted molar refractivity (Wildman–Crippen MR) is 88.3 cm³/mol. The average molecular weight is 294 g/mol. The summed E-state index contributed by atoms with van der Waals surface area (Å²) >= 11 is 0. The summed E-state index contributed by atoms with van der Waals surface area (Å²) in [5.41, 5.74) is -0.0409. The number of piperidine rings is 1. The number of rotatable bonds is 6. The average Bonchev–Trinajstić information content (AvgIpc) is 2.94. The molecule has 3 heteroatoms. The Kier molecular flexibility index (Phi) is 6.09. The van der Waals surface area contributed by atoms with E-state index in [0.717, 1.165) is 45.3 Å². The molecule has 1 amide bonds. The Hall–Kier alpha value is -0.570. The van der Waals surface area contributed by atoms with E-state index in [2.05, 4.69) is 31.0 Å². The fourth-order valence-corrected chi connectivity index (χ4v) is 4.43. The number of hydrogen-bond donors (Lipinski definition) is 1. The van der Waals surface area contributed by atoms with Gasteiger partial charge in [-0.3, -0.25) is 4.79 Å². The highest BCUT2D eigenvalue weighted by atomic mass is 16.2. The van der Waals surface area contributed by atoms with Gasteiger partial charge in [0.1, 0.15) is 0 Å². The van der Waals surface area contributed by atoms with Crippen LogP contribution in [-0.2, 0) is 4.79 Å². The summed E-state index contributed by atoms with van der Waals surface area (Å²) in [6.07, 6.45) is 9.23. The van der Waals surface area contributed by atoms with Crippen molar-refractivity contribution in [2.24, 2.45) is 11.3 Å². The standard InChI is InChI=1S/C18H34N2O/c1-4-12-20(16-8-7-11-19-14-16)17(21)18(13-15(2)3)9-5-6-10-18/h15-16,19H,4-14H2,1-3H3. The first-order valence-electron chi connectivity index (χ1n) is 9.11. The van der Waals surface area contributed by atoms with E-state index in [1.807, 2.05) is 0 Å². The monoisotopic (exact) mass is 294 g/mol. The van der Waals surface area contributed by atoms with Crippen molar-refractivity contribution >= 4 is 5.91 Å². The van der Waals surface area contributed by atoms with E-state index in [9.17, 15) is 4.79 Å². The Bertz CT molecular complexity index is 328. The fourth-order valence-electron chi connectivity index (χ4n) is 4.43. The van der Waals surface area contributed by atoms with E-state index in [1.165, 1.54) is 25.7 Å². The highest BCUT2D eigenvalue weighted by Gasteiger charge is 2.44. The van der Waals surface area contributed by atoms with Crippen molar-refractivity contribution in [2.75, 3.05) is 19.6 Å². The second-order valence-corrected chi connectivity index (χ2v) is 7.58. The molecule has 1 saturated carbocycles. The Morgan fingerprint density at radius 1 is 1.29 bits per heavy atom. The van der Waals surface area contributed by atoms with Crippen molar-refractivity contribution in [3.8, 4) is 0 Å². The van der Waals surface area contributed by atoms with Gasteiger partial charge in [-0.25, -0.2) is 0 Å². The van der Waals surface area contributed by atoms with Crippen LogP contribution in [-0.4, -0.2) is 36.5 Å². The van der Waals surface area contributed by atoms with Crippen LogP contribution in [0.15, 0.2) is 0 Å². The lowest BCUT2D eigenvalue weighted by molar-refractivity contribution is -0.146. The van der Waals surface area contributed by atoms with Crippen molar-refractivity contribution in [2.45, 2.75) is 78.2 Å². The molecule has 1 aliphatic heterocycles. The normalized spacial score (nSPS) is 25.2. The molecule has 3 nitrogen and oxygen atoms in total. The summed E-state index contributed by atoms with van der Waals surface area (Å²) in [6, 6.07) is 0.427. The topological polar surface area (TPSA) is 32.3 Å². The highest BCUT2D eigenvalue weighted by Crippen LogP contribution is 2.45. The van der Waals surface area contributed by atoms with Crippen molar-refractivity contribution in [3.63, 3.8) is 0 Å². The molecule has 2 aliphatic rings. The quantitative estimate of drug-likeness (QED) is 0.812. The van der Waals surface area contributed by atoms with Gasteiger partial charge in [-0.2, -0.15) is 0 Å². The van der Waals surface area contributed by atoms with Crippen molar-refractivity contribution in [3.05, 3.63) is 0 Å². The third-order valence-electron chi connectivity index (χ3n) is 5.25. The molecule has 0 aromatic rings. The van der Waals surface area contributed by atoms with Crippen LogP contribution in [0.3, 0.4) is 0 Å². The number of carbonyl (C=O) groups is 1. The molecule has 21 heavy (non-hydrogen) atoms. The molecule has 0 aromatic heterocycles. The maximum atomic E-state index is 13.4. The van der Waals surface area contributed by atoms with Crippen LogP contribution < -0.4 is 5.32 Å². The molecule has 122 valence electrons. The van der Waals surface area contributed by atoms with Crippen LogP contribution in [0.25, 0.3) is 0 Å². The Morgan fingerprint density at radius 2 is 2.00 bits per heavy atom. The van der Waals surface area contributed by atoms with Gasteiger partial charge in [0.2, 0.25) is 5.91 Å². The Labute approximate surface area is 130 Å². The van der Waals surface area contributed by atoms with Gasteiger partial charge in [0.15, 0.2) is 0 Å². The lowest BCUT2D eigenvalue weighted by Crippen LogP contribution is -2.53. The molecule has 1 saturated heterocycles. The molecule has 1 aliphatic carbocycles. The lowest BCUT2D eigenvalue weighted by Gasteiger charge is -2.41. The molecule has 1 N–H and O–H groups in total. The van der Waals surface area contributed by atoms with E-state index in [-0.39, 0.29) is 5.41 Å². The van der Waals surface area contributed by atoms with E-state index in [0.29, 0.717) is 17.9 Å². The minimum absolute atomic E-state index is 0.0409. The predicted octanol–water partition coefficient (Wildman–Crippen LogP) is 3.58. The van der Waals surface area contributed by atoms with E-state index < -0.39 is 0 Å². The van der Waals surface area contributed by atoms with E-state index in [4.69, 9.17) is 0 Å². The summed E-state index contributed by atoms with van der Waals surface area (Å²) in [4.78, 5) is 15.6. The third kappa shape index (κ3) is 4.00. The lowest BCUT2D eigenvalue weighted by atomic mass is 9.76. The van der Waals surface area contributed by atoms with Gasteiger partial charge in [-0.05, 0) is 51.0 Å². The molecular formula is C18H34N2O. The van der Waals surface area contributed by atoms with E-state index in [1.54, 1.807) is 0 Å². The van der Waals surface area contributed by atoms with Gasteiger partial charge in [-0.1, -0.05) is 33.6 Å². The number of amides is 1. The zero-order chi connectivity index (χ0) is 15.3. The molecular weight excluding hydrogens is 260 g/mol. The van der Waals surface area contributed by atoms with Crippen molar-refractivity contribution < 1.29 is 4.79 Å². The van der Waals surface area contributed by atoms with Crippen LogP contribution in [0.2, 0.25) is 0 Å². The van der Waals surface area contributed by atoms with Gasteiger partial charge in [-0.15, -0.1) is 0 Å². The summed E-state index contributed by atoms with van der Waals surface area (Å²) in [5, 5.41) is 3.48. The van der Waals surface area contributed by atoms with Crippen LogP contribution in [0.1, 0.15) is 72.1 Å². The molecule has 0 aromatic carbocycles. The number of nitrogens with zero attached hydrogens (tertiary/aromatic N) is 1. The molecule has 0 bridgehead atoms. The Balaban J connectivity index is 2.14. The van der Waals surface area contributed by atoms with Crippen LogP contribution >= 0.6 is 0 Å². The van der Waals surface area contributed by atoms with Crippen LogP contribution in [0.4, 0.5) is 0 Å². The maximum Gasteiger partial charge on any atom is 0.229 e. The van der Waals surface area contributed by atoms with Gasteiger partial charge >= 0.3 is 0 Å².